The molecule has 1 saturated heterocycles. The van der Waals surface area contributed by atoms with Crippen LogP contribution in [0.5, 0.6) is 0 Å². The zero-order valence-electron chi connectivity index (χ0n) is 12.4. The fourth-order valence-electron chi connectivity index (χ4n) is 2.64. The van der Waals surface area contributed by atoms with Gasteiger partial charge in [0.05, 0.1) is 5.56 Å². The monoisotopic (exact) mass is 404 g/mol. The van der Waals surface area contributed by atoms with Gasteiger partial charge in [0.2, 0.25) is 0 Å². The molecule has 1 N–H and O–H groups in total. The smallest absolute Gasteiger partial charge is 0.254 e. The third-order valence-corrected chi connectivity index (χ3v) is 4.73. The Bertz CT molecular complexity index is 489. The van der Waals surface area contributed by atoms with Crippen molar-refractivity contribution < 1.29 is 9.18 Å². The van der Waals surface area contributed by atoms with Crippen LogP contribution >= 0.6 is 22.6 Å². The van der Waals surface area contributed by atoms with Gasteiger partial charge >= 0.3 is 0 Å². The van der Waals surface area contributed by atoms with Gasteiger partial charge in [-0.05, 0) is 66.6 Å². The molecule has 0 aromatic heterocycles. The predicted octanol–water partition coefficient (Wildman–Crippen LogP) is 3.42. The van der Waals surface area contributed by atoms with Gasteiger partial charge in [-0.2, -0.15) is 0 Å². The number of amides is 1. The molecular weight excluding hydrogens is 382 g/mol. The van der Waals surface area contributed by atoms with E-state index in [-0.39, 0.29) is 11.7 Å². The highest BCUT2D eigenvalue weighted by molar-refractivity contribution is 14.1. The Morgan fingerprint density at radius 3 is 2.95 bits per heavy atom. The van der Waals surface area contributed by atoms with Crippen LogP contribution in [0.4, 0.5) is 4.39 Å². The largest absolute Gasteiger partial charge is 0.337 e. The summed E-state index contributed by atoms with van der Waals surface area (Å²) in [5, 5.41) is 3.44. The van der Waals surface area contributed by atoms with Gasteiger partial charge in [-0.25, -0.2) is 4.39 Å². The minimum atomic E-state index is -0.298. The van der Waals surface area contributed by atoms with Crippen molar-refractivity contribution in [1.29, 1.82) is 0 Å². The highest BCUT2D eigenvalue weighted by Crippen LogP contribution is 2.18. The van der Waals surface area contributed by atoms with Crippen LogP contribution in [0.1, 0.15) is 43.0 Å². The second kappa shape index (κ2) is 8.08. The summed E-state index contributed by atoms with van der Waals surface area (Å²) in [6.07, 6.45) is 4.35. The lowest BCUT2D eigenvalue weighted by Crippen LogP contribution is -2.41. The van der Waals surface area contributed by atoms with Crippen molar-refractivity contribution in [3.63, 3.8) is 0 Å². The van der Waals surface area contributed by atoms with Crippen molar-refractivity contribution in [2.45, 2.75) is 38.6 Å². The summed E-state index contributed by atoms with van der Waals surface area (Å²) in [6.45, 7) is 4.67. The number of benzene rings is 1. The molecule has 1 aliphatic heterocycles. The summed E-state index contributed by atoms with van der Waals surface area (Å²) in [4.78, 5) is 14.7. The van der Waals surface area contributed by atoms with Gasteiger partial charge in [-0.3, -0.25) is 4.79 Å². The maximum absolute atomic E-state index is 13.2. The van der Waals surface area contributed by atoms with E-state index in [4.69, 9.17) is 0 Å². The van der Waals surface area contributed by atoms with E-state index in [9.17, 15) is 9.18 Å². The van der Waals surface area contributed by atoms with Crippen molar-refractivity contribution >= 4 is 28.5 Å². The van der Waals surface area contributed by atoms with Crippen LogP contribution in [0.15, 0.2) is 18.2 Å². The molecule has 1 unspecified atom stereocenters. The Morgan fingerprint density at radius 2 is 2.33 bits per heavy atom. The molecule has 0 aliphatic carbocycles. The molecule has 5 heteroatoms. The van der Waals surface area contributed by atoms with Crippen LogP contribution in [-0.2, 0) is 0 Å². The quantitative estimate of drug-likeness (QED) is 0.738. The normalized spacial score (nSPS) is 18.0. The molecule has 1 amide bonds. The van der Waals surface area contributed by atoms with Crippen molar-refractivity contribution in [2.75, 3.05) is 19.6 Å². The van der Waals surface area contributed by atoms with Crippen molar-refractivity contribution in [3.05, 3.63) is 33.1 Å². The lowest BCUT2D eigenvalue weighted by Gasteiger charge is -2.26. The highest BCUT2D eigenvalue weighted by atomic mass is 127. The van der Waals surface area contributed by atoms with E-state index in [1.54, 1.807) is 6.07 Å². The molecule has 3 nitrogen and oxygen atoms in total. The molecule has 1 aromatic rings. The summed E-state index contributed by atoms with van der Waals surface area (Å²) in [7, 11) is 0. The number of nitrogens with zero attached hydrogens (tertiary/aromatic N) is 1. The maximum Gasteiger partial charge on any atom is 0.254 e. The van der Waals surface area contributed by atoms with Gasteiger partial charge in [0.25, 0.3) is 5.91 Å². The number of carbonyl (C=O) groups is 1. The van der Waals surface area contributed by atoms with Crippen LogP contribution < -0.4 is 5.32 Å². The molecule has 0 radical (unpaired) electrons. The van der Waals surface area contributed by atoms with E-state index in [0.29, 0.717) is 15.2 Å². The lowest BCUT2D eigenvalue weighted by molar-refractivity contribution is 0.0738. The first-order valence-electron chi connectivity index (χ1n) is 7.59. The third-order valence-electron chi connectivity index (χ3n) is 3.83. The lowest BCUT2D eigenvalue weighted by atomic mass is 10.1. The standard InChI is InChI=1S/C16H22FIN2O/c1-2-3-9-20(11-13-5-4-8-19-13)16(21)14-7-6-12(17)10-15(14)18/h6-7,10,13,19H,2-5,8-9,11H2,1H3. The first-order chi connectivity index (χ1) is 10.1. The first kappa shape index (κ1) is 16.7. The van der Waals surface area contributed by atoms with Crippen molar-refractivity contribution in [1.82, 2.24) is 10.2 Å². The summed E-state index contributed by atoms with van der Waals surface area (Å²) < 4.78 is 13.9. The molecule has 21 heavy (non-hydrogen) atoms. The Morgan fingerprint density at radius 1 is 1.52 bits per heavy atom. The van der Waals surface area contributed by atoms with Crippen LogP contribution in [-0.4, -0.2) is 36.5 Å². The van der Waals surface area contributed by atoms with E-state index in [1.165, 1.54) is 18.6 Å². The van der Waals surface area contributed by atoms with Gasteiger partial charge in [0.1, 0.15) is 5.82 Å². The second-order valence-corrected chi connectivity index (χ2v) is 6.68. The van der Waals surface area contributed by atoms with Gasteiger partial charge in [-0.1, -0.05) is 13.3 Å². The maximum atomic E-state index is 13.2. The van der Waals surface area contributed by atoms with Gasteiger partial charge in [0.15, 0.2) is 0 Å². The summed E-state index contributed by atoms with van der Waals surface area (Å²) in [6, 6.07) is 4.77. The van der Waals surface area contributed by atoms with Crippen molar-refractivity contribution in [3.8, 4) is 0 Å². The minimum Gasteiger partial charge on any atom is -0.337 e. The number of nitrogens with one attached hydrogen (secondary N) is 1. The first-order valence-corrected chi connectivity index (χ1v) is 8.67. The average molecular weight is 404 g/mol. The van der Waals surface area contributed by atoms with Crippen LogP contribution in [0.3, 0.4) is 0 Å². The third kappa shape index (κ3) is 4.64. The minimum absolute atomic E-state index is 0.0153. The fourth-order valence-corrected chi connectivity index (χ4v) is 3.34. The van der Waals surface area contributed by atoms with E-state index >= 15 is 0 Å². The molecule has 2 rings (SSSR count). The van der Waals surface area contributed by atoms with E-state index in [1.807, 2.05) is 27.5 Å². The molecule has 1 atom stereocenters. The van der Waals surface area contributed by atoms with E-state index in [2.05, 4.69) is 12.2 Å². The fraction of sp³-hybridized carbons (Fsp3) is 0.562. The molecule has 1 aliphatic rings. The van der Waals surface area contributed by atoms with E-state index < -0.39 is 0 Å². The van der Waals surface area contributed by atoms with E-state index in [0.717, 1.165) is 38.9 Å². The van der Waals surface area contributed by atoms with Crippen molar-refractivity contribution in [2.24, 2.45) is 0 Å². The number of hydrogen-bond donors (Lipinski definition) is 1. The molecule has 116 valence electrons. The predicted molar refractivity (Wildman–Crippen MR) is 91.0 cm³/mol. The number of rotatable bonds is 6. The molecule has 1 heterocycles. The average Bonchev–Trinajstić information content (AvgIpc) is 2.95. The Balaban J connectivity index is 2.11. The topological polar surface area (TPSA) is 32.3 Å². The summed E-state index contributed by atoms with van der Waals surface area (Å²) in [5.41, 5.74) is 0.603. The zero-order chi connectivity index (χ0) is 15.2. The Hall–Kier alpha value is -0.690. The molecule has 0 spiro atoms. The molecule has 1 fully saturated rings. The highest BCUT2D eigenvalue weighted by Gasteiger charge is 2.23. The second-order valence-electron chi connectivity index (χ2n) is 5.52. The Kier molecular flexibility index (Phi) is 6.41. The number of hydrogen-bond acceptors (Lipinski definition) is 2. The number of unbranched alkanes of at least 4 members (excludes halogenated alkanes) is 1. The number of halogens is 2. The summed E-state index contributed by atoms with van der Waals surface area (Å²) >= 11 is 2.03. The molecule has 0 saturated carbocycles. The van der Waals surface area contributed by atoms with Gasteiger partial charge in [-0.15, -0.1) is 0 Å². The molecule has 0 bridgehead atoms. The molecule has 1 aromatic carbocycles. The van der Waals surface area contributed by atoms with Gasteiger partial charge < -0.3 is 10.2 Å². The van der Waals surface area contributed by atoms with Crippen LogP contribution in [0.2, 0.25) is 0 Å². The van der Waals surface area contributed by atoms with Crippen LogP contribution in [0.25, 0.3) is 0 Å². The molecular formula is C16H22FIN2O. The van der Waals surface area contributed by atoms with Crippen LogP contribution in [0, 0.1) is 9.39 Å². The van der Waals surface area contributed by atoms with Gasteiger partial charge in [0, 0.05) is 22.7 Å². The zero-order valence-corrected chi connectivity index (χ0v) is 14.5. The summed E-state index contributed by atoms with van der Waals surface area (Å²) in [5.74, 6) is -0.282. The Labute approximate surface area is 139 Å². The number of carbonyl (C=O) groups excluding carboxylic acids is 1. The SMILES string of the molecule is CCCCN(CC1CCCN1)C(=O)c1ccc(F)cc1I.